The maximum atomic E-state index is 12.7. The number of carboxylic acid groups (broad SMARTS) is 1. The van der Waals surface area contributed by atoms with Crippen LogP contribution in [0.2, 0.25) is 0 Å². The van der Waals surface area contributed by atoms with Crippen molar-refractivity contribution in [2.24, 2.45) is 0 Å². The van der Waals surface area contributed by atoms with Gasteiger partial charge in [-0.3, -0.25) is 0 Å². The fraction of sp³-hybridized carbons (Fsp3) is 0.154. The minimum absolute atomic E-state index is 0.114. The molecule has 0 bridgehead atoms. The van der Waals surface area contributed by atoms with Gasteiger partial charge in [-0.25, -0.2) is 4.79 Å². The first-order valence-corrected chi connectivity index (χ1v) is 6.35. The van der Waals surface area contributed by atoms with Crippen molar-refractivity contribution in [3.63, 3.8) is 0 Å². The van der Waals surface area contributed by atoms with Crippen LogP contribution in [0.1, 0.15) is 5.56 Å². The molecule has 106 valence electrons. The lowest BCUT2D eigenvalue weighted by atomic mass is 10.1. The number of alkyl halides is 3. The number of carboxylic acids is 1. The Morgan fingerprint density at radius 2 is 2.05 bits per heavy atom. The molecule has 1 aromatic carbocycles. The van der Waals surface area contributed by atoms with Crippen LogP contribution in [-0.4, -0.2) is 17.7 Å². The van der Waals surface area contributed by atoms with Crippen LogP contribution in [0.3, 0.4) is 0 Å². The fourth-order valence-corrected chi connectivity index (χ4v) is 2.34. The zero-order chi connectivity index (χ0) is 14.8. The number of aliphatic carboxylic acids is 1. The van der Waals surface area contributed by atoms with Crippen LogP contribution in [0, 0.1) is 0 Å². The summed E-state index contributed by atoms with van der Waals surface area (Å²) in [7, 11) is 0. The molecule has 2 rings (SSSR count). The van der Waals surface area contributed by atoms with Crippen molar-refractivity contribution < 1.29 is 27.8 Å². The van der Waals surface area contributed by atoms with Gasteiger partial charge in [-0.2, -0.15) is 13.2 Å². The summed E-state index contributed by atoms with van der Waals surface area (Å²) in [6.07, 6.45) is -4.46. The first kappa shape index (κ1) is 14.4. The molecule has 0 unspecified atom stereocenters. The highest BCUT2D eigenvalue weighted by atomic mass is 32.1. The second-order valence-electron chi connectivity index (χ2n) is 3.87. The first-order valence-electron chi connectivity index (χ1n) is 5.47. The summed E-state index contributed by atoms with van der Waals surface area (Å²) in [5.74, 6) is -1.08. The molecular formula is C13H9F3O3S. The molecule has 0 amide bonds. The SMILES string of the molecule is O=C(O)COc1ccc(C(F)(F)F)cc1-c1cccs1. The van der Waals surface area contributed by atoms with E-state index in [1.54, 1.807) is 17.5 Å². The lowest BCUT2D eigenvalue weighted by molar-refractivity contribution is -0.140. The normalized spacial score (nSPS) is 11.3. The smallest absolute Gasteiger partial charge is 0.416 e. The van der Waals surface area contributed by atoms with Crippen molar-refractivity contribution in [3.8, 4) is 16.2 Å². The number of halogens is 3. The van der Waals surface area contributed by atoms with Gasteiger partial charge in [0.2, 0.25) is 0 Å². The summed E-state index contributed by atoms with van der Waals surface area (Å²) < 4.78 is 43.2. The van der Waals surface area contributed by atoms with E-state index in [0.29, 0.717) is 4.88 Å². The highest BCUT2D eigenvalue weighted by Gasteiger charge is 2.31. The third-order valence-corrected chi connectivity index (χ3v) is 3.35. The molecule has 7 heteroatoms. The van der Waals surface area contributed by atoms with Gasteiger partial charge >= 0.3 is 12.1 Å². The van der Waals surface area contributed by atoms with Crippen LogP contribution < -0.4 is 4.74 Å². The standard InChI is InChI=1S/C13H9F3O3S/c14-13(15,16)8-3-4-10(19-7-12(17)18)9(6-8)11-2-1-5-20-11/h1-6H,7H2,(H,17,18). The molecule has 20 heavy (non-hydrogen) atoms. The average molecular weight is 302 g/mol. The van der Waals surface area contributed by atoms with Gasteiger partial charge in [0.05, 0.1) is 5.56 Å². The van der Waals surface area contributed by atoms with E-state index in [-0.39, 0.29) is 11.3 Å². The Bertz CT molecular complexity index is 606. The van der Waals surface area contributed by atoms with Gasteiger partial charge in [0.15, 0.2) is 6.61 Å². The highest BCUT2D eigenvalue weighted by Crippen LogP contribution is 2.38. The van der Waals surface area contributed by atoms with Gasteiger partial charge in [0.25, 0.3) is 0 Å². The third kappa shape index (κ3) is 3.30. The third-order valence-electron chi connectivity index (χ3n) is 2.44. The van der Waals surface area contributed by atoms with E-state index in [1.807, 2.05) is 0 Å². The number of thiophene rings is 1. The monoisotopic (exact) mass is 302 g/mol. The first-order chi connectivity index (χ1) is 9.38. The maximum absolute atomic E-state index is 12.7. The Balaban J connectivity index is 2.44. The van der Waals surface area contributed by atoms with Gasteiger partial charge in [-0.05, 0) is 29.6 Å². The van der Waals surface area contributed by atoms with E-state index in [2.05, 4.69) is 0 Å². The van der Waals surface area contributed by atoms with Crippen LogP contribution >= 0.6 is 11.3 Å². The quantitative estimate of drug-likeness (QED) is 0.931. The Labute approximate surface area is 116 Å². The Hall–Kier alpha value is -2.02. The second kappa shape index (κ2) is 5.54. The van der Waals surface area contributed by atoms with Crippen molar-refractivity contribution in [2.45, 2.75) is 6.18 Å². The molecule has 1 aromatic heterocycles. The van der Waals surface area contributed by atoms with Crippen molar-refractivity contribution in [2.75, 3.05) is 6.61 Å². The van der Waals surface area contributed by atoms with E-state index >= 15 is 0 Å². The molecule has 0 aliphatic heterocycles. The zero-order valence-electron chi connectivity index (χ0n) is 9.98. The van der Waals surface area contributed by atoms with Crippen molar-refractivity contribution in [3.05, 3.63) is 41.3 Å². The lowest BCUT2D eigenvalue weighted by Crippen LogP contribution is -2.11. The number of rotatable bonds is 4. The molecule has 3 nitrogen and oxygen atoms in total. The predicted octanol–water partition coefficient (Wildman–Crippen LogP) is 3.90. The van der Waals surface area contributed by atoms with E-state index in [4.69, 9.17) is 9.84 Å². The summed E-state index contributed by atoms with van der Waals surface area (Å²) >= 11 is 1.25. The van der Waals surface area contributed by atoms with Gasteiger partial charge in [0.1, 0.15) is 5.75 Å². The van der Waals surface area contributed by atoms with Gasteiger partial charge in [-0.15, -0.1) is 11.3 Å². The molecule has 0 saturated heterocycles. The molecule has 0 aliphatic carbocycles. The van der Waals surface area contributed by atoms with E-state index in [1.165, 1.54) is 11.3 Å². The molecule has 0 atom stereocenters. The van der Waals surface area contributed by atoms with Gasteiger partial charge < -0.3 is 9.84 Å². The number of benzene rings is 1. The molecule has 2 aromatic rings. The number of hydrogen-bond donors (Lipinski definition) is 1. The summed E-state index contributed by atoms with van der Waals surface area (Å²) in [6, 6.07) is 6.31. The number of hydrogen-bond acceptors (Lipinski definition) is 3. The van der Waals surface area contributed by atoms with E-state index in [9.17, 15) is 18.0 Å². The average Bonchev–Trinajstić information content (AvgIpc) is 2.88. The zero-order valence-corrected chi connectivity index (χ0v) is 10.8. The Morgan fingerprint density at radius 1 is 1.30 bits per heavy atom. The highest BCUT2D eigenvalue weighted by molar-refractivity contribution is 7.13. The Kier molecular flexibility index (Phi) is 3.99. The summed E-state index contributed by atoms with van der Waals surface area (Å²) in [5, 5.41) is 10.3. The molecule has 0 radical (unpaired) electrons. The second-order valence-corrected chi connectivity index (χ2v) is 4.82. The molecule has 0 aliphatic rings. The molecule has 1 N–H and O–H groups in total. The van der Waals surface area contributed by atoms with Crippen LogP contribution in [0.15, 0.2) is 35.7 Å². The van der Waals surface area contributed by atoms with E-state index in [0.717, 1.165) is 18.2 Å². The minimum Gasteiger partial charge on any atom is -0.481 e. The maximum Gasteiger partial charge on any atom is 0.416 e. The number of ether oxygens (including phenoxy) is 1. The van der Waals surface area contributed by atoms with Crippen molar-refractivity contribution in [1.29, 1.82) is 0 Å². The largest absolute Gasteiger partial charge is 0.481 e. The molecule has 0 spiro atoms. The van der Waals surface area contributed by atoms with E-state index < -0.39 is 24.3 Å². The van der Waals surface area contributed by atoms with Crippen molar-refractivity contribution in [1.82, 2.24) is 0 Å². The van der Waals surface area contributed by atoms with Crippen molar-refractivity contribution >= 4 is 17.3 Å². The Morgan fingerprint density at radius 3 is 2.60 bits per heavy atom. The molecular weight excluding hydrogens is 293 g/mol. The van der Waals surface area contributed by atoms with Crippen LogP contribution in [0.4, 0.5) is 13.2 Å². The summed E-state index contributed by atoms with van der Waals surface area (Å²) in [5.41, 5.74) is -0.570. The number of carbonyl (C=O) groups is 1. The van der Waals surface area contributed by atoms with Gasteiger partial charge in [0, 0.05) is 10.4 Å². The van der Waals surface area contributed by atoms with Crippen LogP contribution in [0.5, 0.6) is 5.75 Å². The van der Waals surface area contributed by atoms with Crippen LogP contribution in [-0.2, 0) is 11.0 Å². The summed E-state index contributed by atoms with van der Waals surface area (Å²) in [4.78, 5) is 11.1. The predicted molar refractivity (Wildman–Crippen MR) is 67.9 cm³/mol. The molecule has 0 saturated carbocycles. The summed E-state index contributed by atoms with van der Waals surface area (Å²) in [6.45, 7) is -0.607. The minimum atomic E-state index is -4.46. The fourth-order valence-electron chi connectivity index (χ4n) is 1.60. The lowest BCUT2D eigenvalue weighted by Gasteiger charge is -2.12. The van der Waals surface area contributed by atoms with Gasteiger partial charge in [-0.1, -0.05) is 6.07 Å². The molecule has 0 fully saturated rings. The molecule has 1 heterocycles. The topological polar surface area (TPSA) is 46.5 Å². The van der Waals surface area contributed by atoms with Crippen LogP contribution in [0.25, 0.3) is 10.4 Å².